The Morgan fingerprint density at radius 3 is 2.25 bits per heavy atom. The Morgan fingerprint density at radius 2 is 1.92 bits per heavy atom. The third kappa shape index (κ3) is 3.86. The summed E-state index contributed by atoms with van der Waals surface area (Å²) in [7, 11) is 0. The van der Waals surface area contributed by atoms with Gasteiger partial charge in [-0.3, -0.25) is 9.59 Å². The molecule has 0 atom stereocenters. The third-order valence-corrected chi connectivity index (χ3v) is 1.37. The molecule has 0 heterocycles. The van der Waals surface area contributed by atoms with Crippen molar-refractivity contribution < 1.29 is 9.59 Å². The van der Waals surface area contributed by atoms with Gasteiger partial charge in [0.2, 0.25) is 0 Å². The average Bonchev–Trinajstić information content (AvgIpc) is 2.03. The molecule has 0 aliphatic carbocycles. The lowest BCUT2D eigenvalue weighted by Crippen LogP contribution is -2.03. The first-order valence-corrected chi connectivity index (χ1v) is 3.95. The van der Waals surface area contributed by atoms with Crippen LogP contribution in [0.3, 0.4) is 0 Å². The van der Waals surface area contributed by atoms with E-state index in [1.807, 2.05) is 0 Å². The molecule has 0 radical (unpaired) electrons. The van der Waals surface area contributed by atoms with Gasteiger partial charge >= 0.3 is 0 Å². The zero-order valence-electron chi connectivity index (χ0n) is 7.70. The summed E-state index contributed by atoms with van der Waals surface area (Å²) in [5.74, 6) is -0.0691. The first-order valence-electron chi connectivity index (χ1n) is 3.95. The lowest BCUT2D eigenvalue weighted by molar-refractivity contribution is -0.117. The molecule has 0 aromatic carbocycles. The van der Waals surface area contributed by atoms with Crippen LogP contribution in [0.4, 0.5) is 0 Å². The van der Waals surface area contributed by atoms with Crippen molar-refractivity contribution in [1.82, 2.24) is 0 Å². The molecule has 0 aromatic heterocycles. The van der Waals surface area contributed by atoms with Crippen LogP contribution in [-0.2, 0) is 9.59 Å². The smallest absolute Gasteiger partial charge is 0.158 e. The van der Waals surface area contributed by atoms with Crippen molar-refractivity contribution in [2.24, 2.45) is 5.92 Å². The summed E-state index contributed by atoms with van der Waals surface area (Å²) in [5, 5.41) is 0. The van der Waals surface area contributed by atoms with Crippen LogP contribution in [0.25, 0.3) is 0 Å². The summed E-state index contributed by atoms with van der Waals surface area (Å²) in [5.41, 5.74) is 0.427. The molecule has 2 nitrogen and oxygen atoms in total. The minimum absolute atomic E-state index is 0.0183. The fourth-order valence-corrected chi connectivity index (χ4v) is 0.645. The lowest BCUT2D eigenvalue weighted by atomic mass is 10.1. The minimum Gasteiger partial charge on any atom is -0.298 e. The molecular formula is C10H14O2. The SMILES string of the molecule is C/C=C\C(C=O)=C/C(=O)C(C)C. The Hall–Kier alpha value is -1.18. The molecule has 12 heavy (non-hydrogen) atoms. The lowest BCUT2D eigenvalue weighted by Gasteiger charge is -1.97. The van der Waals surface area contributed by atoms with Crippen molar-refractivity contribution in [3.8, 4) is 0 Å². The molecule has 0 aliphatic heterocycles. The van der Waals surface area contributed by atoms with E-state index in [1.165, 1.54) is 6.08 Å². The average molecular weight is 166 g/mol. The van der Waals surface area contributed by atoms with Gasteiger partial charge in [-0.1, -0.05) is 26.0 Å². The number of aldehydes is 1. The fraction of sp³-hybridized carbons (Fsp3) is 0.400. The third-order valence-electron chi connectivity index (χ3n) is 1.37. The van der Waals surface area contributed by atoms with Crippen molar-refractivity contribution >= 4 is 12.1 Å². The number of ketones is 1. The molecule has 0 aliphatic rings. The molecule has 0 fully saturated rings. The summed E-state index contributed by atoms with van der Waals surface area (Å²) in [6, 6.07) is 0. The van der Waals surface area contributed by atoms with E-state index >= 15 is 0 Å². The van der Waals surface area contributed by atoms with Gasteiger partial charge in [-0.15, -0.1) is 0 Å². The van der Waals surface area contributed by atoms with Gasteiger partial charge in [0.25, 0.3) is 0 Å². The van der Waals surface area contributed by atoms with Gasteiger partial charge in [0.1, 0.15) is 6.29 Å². The monoisotopic (exact) mass is 166 g/mol. The van der Waals surface area contributed by atoms with Crippen molar-refractivity contribution in [3.05, 3.63) is 23.8 Å². The van der Waals surface area contributed by atoms with E-state index in [1.54, 1.807) is 32.9 Å². The van der Waals surface area contributed by atoms with Crippen LogP contribution in [0.5, 0.6) is 0 Å². The number of rotatable bonds is 4. The van der Waals surface area contributed by atoms with Crippen LogP contribution in [0, 0.1) is 5.92 Å². The van der Waals surface area contributed by atoms with E-state index in [2.05, 4.69) is 0 Å². The van der Waals surface area contributed by atoms with Crippen LogP contribution in [0.1, 0.15) is 20.8 Å². The van der Waals surface area contributed by atoms with Crippen LogP contribution >= 0.6 is 0 Å². The van der Waals surface area contributed by atoms with E-state index in [4.69, 9.17) is 0 Å². The van der Waals surface area contributed by atoms with E-state index in [-0.39, 0.29) is 11.7 Å². The second-order valence-electron chi connectivity index (χ2n) is 2.82. The van der Waals surface area contributed by atoms with Crippen molar-refractivity contribution in [1.29, 1.82) is 0 Å². The molecule has 0 spiro atoms. The molecule has 0 rings (SSSR count). The van der Waals surface area contributed by atoms with Gasteiger partial charge in [0, 0.05) is 11.5 Å². The quantitative estimate of drug-likeness (QED) is 0.363. The van der Waals surface area contributed by atoms with E-state index in [0.29, 0.717) is 11.9 Å². The molecule has 66 valence electrons. The maximum atomic E-state index is 11.1. The fourth-order valence-electron chi connectivity index (χ4n) is 0.645. The predicted octanol–water partition coefficient (Wildman–Crippen LogP) is 1.91. The summed E-state index contributed by atoms with van der Waals surface area (Å²) in [6.07, 6.45) is 5.40. The highest BCUT2D eigenvalue weighted by Crippen LogP contribution is 2.00. The number of carbonyl (C=O) groups is 2. The minimum atomic E-state index is -0.0507. The summed E-state index contributed by atoms with van der Waals surface area (Å²) in [4.78, 5) is 21.5. The van der Waals surface area contributed by atoms with Crippen LogP contribution in [-0.4, -0.2) is 12.1 Å². The van der Waals surface area contributed by atoms with Gasteiger partial charge in [0.05, 0.1) is 0 Å². The van der Waals surface area contributed by atoms with Gasteiger partial charge in [-0.05, 0) is 13.0 Å². The van der Waals surface area contributed by atoms with Crippen LogP contribution in [0.2, 0.25) is 0 Å². The van der Waals surface area contributed by atoms with E-state index in [9.17, 15) is 9.59 Å². The van der Waals surface area contributed by atoms with Crippen molar-refractivity contribution in [3.63, 3.8) is 0 Å². The highest BCUT2D eigenvalue weighted by molar-refractivity contribution is 5.97. The zero-order chi connectivity index (χ0) is 9.56. The maximum Gasteiger partial charge on any atom is 0.158 e. The maximum absolute atomic E-state index is 11.1. The first-order chi connectivity index (χ1) is 5.61. The van der Waals surface area contributed by atoms with Crippen molar-refractivity contribution in [2.45, 2.75) is 20.8 Å². The van der Waals surface area contributed by atoms with E-state index < -0.39 is 0 Å². The Balaban J connectivity index is 4.48. The van der Waals surface area contributed by atoms with Gasteiger partial charge in [0.15, 0.2) is 5.78 Å². The Bertz CT molecular complexity index is 222. The van der Waals surface area contributed by atoms with Gasteiger partial charge in [-0.2, -0.15) is 0 Å². The Morgan fingerprint density at radius 1 is 1.33 bits per heavy atom. The number of carbonyl (C=O) groups excluding carboxylic acids is 2. The molecule has 0 saturated heterocycles. The summed E-state index contributed by atoms with van der Waals surface area (Å²) >= 11 is 0. The summed E-state index contributed by atoms with van der Waals surface area (Å²) in [6.45, 7) is 5.41. The summed E-state index contributed by atoms with van der Waals surface area (Å²) < 4.78 is 0. The molecule has 0 bridgehead atoms. The topological polar surface area (TPSA) is 34.1 Å². The molecular weight excluding hydrogens is 152 g/mol. The molecule has 0 amide bonds. The number of hydrogen-bond donors (Lipinski definition) is 0. The van der Waals surface area contributed by atoms with Crippen molar-refractivity contribution in [2.75, 3.05) is 0 Å². The zero-order valence-corrected chi connectivity index (χ0v) is 7.70. The van der Waals surface area contributed by atoms with Gasteiger partial charge < -0.3 is 0 Å². The molecule has 0 saturated carbocycles. The molecule has 0 unspecified atom stereocenters. The second kappa shape index (κ2) is 5.47. The number of allylic oxidation sites excluding steroid dienone is 4. The second-order valence-corrected chi connectivity index (χ2v) is 2.82. The Kier molecular flexibility index (Phi) is 4.93. The molecule has 0 aromatic rings. The molecule has 0 N–H and O–H groups in total. The predicted molar refractivity (Wildman–Crippen MR) is 48.8 cm³/mol. The normalized spacial score (nSPS) is 12.5. The first kappa shape index (κ1) is 10.8. The standard InChI is InChI=1S/C10H14O2/c1-4-5-9(7-11)6-10(12)8(2)3/h4-8H,1-3H3/b5-4-,9-6+. The Labute approximate surface area is 73.0 Å². The number of hydrogen-bond acceptors (Lipinski definition) is 2. The molecule has 2 heteroatoms. The van der Waals surface area contributed by atoms with Crippen LogP contribution < -0.4 is 0 Å². The van der Waals surface area contributed by atoms with E-state index in [0.717, 1.165) is 0 Å². The highest BCUT2D eigenvalue weighted by atomic mass is 16.1. The van der Waals surface area contributed by atoms with Gasteiger partial charge in [-0.25, -0.2) is 0 Å². The highest BCUT2D eigenvalue weighted by Gasteiger charge is 2.03. The largest absolute Gasteiger partial charge is 0.298 e. The van der Waals surface area contributed by atoms with Crippen LogP contribution in [0.15, 0.2) is 23.8 Å².